The SMILES string of the molecule is COC(=O)C(NC(=O)C(c1ccccc1)c1ccccc1)c1ccccc1. The summed E-state index contributed by atoms with van der Waals surface area (Å²) in [5.74, 6) is -1.29. The highest BCUT2D eigenvalue weighted by Crippen LogP contribution is 2.26. The van der Waals surface area contributed by atoms with Gasteiger partial charge in [0, 0.05) is 0 Å². The molecule has 0 bridgehead atoms. The van der Waals surface area contributed by atoms with Gasteiger partial charge in [-0.3, -0.25) is 4.79 Å². The maximum absolute atomic E-state index is 13.2. The fraction of sp³-hybridized carbons (Fsp3) is 0.130. The molecule has 0 aliphatic carbocycles. The molecule has 3 aromatic rings. The molecule has 1 amide bonds. The minimum Gasteiger partial charge on any atom is -0.467 e. The number of ether oxygens (including phenoxy) is 1. The molecule has 0 fully saturated rings. The first kappa shape index (κ1) is 18.4. The van der Waals surface area contributed by atoms with Gasteiger partial charge in [0.1, 0.15) is 0 Å². The maximum Gasteiger partial charge on any atom is 0.333 e. The summed E-state index contributed by atoms with van der Waals surface area (Å²) in [5, 5.41) is 2.87. The van der Waals surface area contributed by atoms with Gasteiger partial charge in [-0.1, -0.05) is 91.0 Å². The maximum atomic E-state index is 13.2. The zero-order chi connectivity index (χ0) is 19.1. The van der Waals surface area contributed by atoms with Gasteiger partial charge >= 0.3 is 5.97 Å². The first-order chi connectivity index (χ1) is 13.2. The molecule has 0 aliphatic rings. The summed E-state index contributed by atoms with van der Waals surface area (Å²) < 4.78 is 4.91. The van der Waals surface area contributed by atoms with Crippen LogP contribution in [0, 0.1) is 0 Å². The van der Waals surface area contributed by atoms with Crippen molar-refractivity contribution in [1.29, 1.82) is 0 Å². The summed E-state index contributed by atoms with van der Waals surface area (Å²) >= 11 is 0. The number of amides is 1. The number of benzene rings is 3. The van der Waals surface area contributed by atoms with Crippen LogP contribution in [0.5, 0.6) is 0 Å². The molecule has 3 rings (SSSR count). The van der Waals surface area contributed by atoms with Crippen molar-refractivity contribution in [3.63, 3.8) is 0 Å². The summed E-state index contributed by atoms with van der Waals surface area (Å²) in [5.41, 5.74) is 2.40. The quantitative estimate of drug-likeness (QED) is 0.680. The standard InChI is InChI=1S/C23H21NO3/c1-27-23(26)21(19-15-9-4-10-16-19)24-22(25)20(17-11-5-2-6-12-17)18-13-7-3-8-14-18/h2-16,20-21H,1H3,(H,24,25). The lowest BCUT2D eigenvalue weighted by Gasteiger charge is -2.22. The second kappa shape index (κ2) is 8.81. The van der Waals surface area contributed by atoms with E-state index in [1.54, 1.807) is 12.1 Å². The van der Waals surface area contributed by atoms with Gasteiger partial charge in [0.15, 0.2) is 6.04 Å². The van der Waals surface area contributed by atoms with Gasteiger partial charge in [0.05, 0.1) is 13.0 Å². The Hall–Kier alpha value is -3.40. The molecule has 0 aromatic heterocycles. The van der Waals surface area contributed by atoms with Crippen molar-refractivity contribution in [2.45, 2.75) is 12.0 Å². The van der Waals surface area contributed by atoms with E-state index in [1.807, 2.05) is 78.9 Å². The van der Waals surface area contributed by atoms with Crippen molar-refractivity contribution < 1.29 is 14.3 Å². The second-order valence-corrected chi connectivity index (χ2v) is 6.13. The van der Waals surface area contributed by atoms with Gasteiger partial charge in [-0.15, -0.1) is 0 Å². The molecule has 27 heavy (non-hydrogen) atoms. The number of hydrogen-bond donors (Lipinski definition) is 1. The molecule has 4 heteroatoms. The molecule has 4 nitrogen and oxygen atoms in total. The Morgan fingerprint density at radius 3 is 1.52 bits per heavy atom. The van der Waals surface area contributed by atoms with E-state index in [0.717, 1.165) is 11.1 Å². The van der Waals surface area contributed by atoms with Gasteiger partial charge in [0.2, 0.25) is 5.91 Å². The third kappa shape index (κ3) is 4.42. The van der Waals surface area contributed by atoms with Crippen LogP contribution in [0.1, 0.15) is 28.7 Å². The van der Waals surface area contributed by atoms with Crippen LogP contribution in [0.2, 0.25) is 0 Å². The lowest BCUT2D eigenvalue weighted by molar-refractivity contribution is -0.145. The minimum atomic E-state index is -0.862. The van der Waals surface area contributed by atoms with Crippen molar-refractivity contribution in [3.05, 3.63) is 108 Å². The van der Waals surface area contributed by atoms with E-state index >= 15 is 0 Å². The number of carbonyl (C=O) groups is 2. The van der Waals surface area contributed by atoms with Crippen LogP contribution in [0.25, 0.3) is 0 Å². The Kier molecular flexibility index (Phi) is 6.00. The second-order valence-electron chi connectivity index (χ2n) is 6.13. The topological polar surface area (TPSA) is 55.4 Å². The van der Waals surface area contributed by atoms with E-state index in [4.69, 9.17) is 4.74 Å². The van der Waals surface area contributed by atoms with Crippen LogP contribution < -0.4 is 5.32 Å². The smallest absolute Gasteiger partial charge is 0.333 e. The van der Waals surface area contributed by atoms with Gasteiger partial charge in [0.25, 0.3) is 0 Å². The molecular formula is C23H21NO3. The highest BCUT2D eigenvalue weighted by atomic mass is 16.5. The number of esters is 1. The zero-order valence-electron chi connectivity index (χ0n) is 15.0. The third-order valence-electron chi connectivity index (χ3n) is 4.38. The molecule has 0 aliphatic heterocycles. The fourth-order valence-electron chi connectivity index (χ4n) is 3.05. The van der Waals surface area contributed by atoms with Crippen LogP contribution in [0.4, 0.5) is 0 Å². The molecule has 0 heterocycles. The normalized spacial score (nSPS) is 11.6. The highest BCUT2D eigenvalue weighted by molar-refractivity contribution is 5.91. The first-order valence-corrected chi connectivity index (χ1v) is 8.73. The summed E-state index contributed by atoms with van der Waals surface area (Å²) in [6, 6.07) is 27.3. The van der Waals surface area contributed by atoms with Crippen molar-refractivity contribution >= 4 is 11.9 Å². The zero-order valence-corrected chi connectivity index (χ0v) is 15.0. The number of carbonyl (C=O) groups excluding carboxylic acids is 2. The van der Waals surface area contributed by atoms with Crippen molar-refractivity contribution in [2.75, 3.05) is 7.11 Å². The fourth-order valence-corrected chi connectivity index (χ4v) is 3.05. The minimum absolute atomic E-state index is 0.258. The van der Waals surface area contributed by atoms with Crippen molar-refractivity contribution in [1.82, 2.24) is 5.32 Å². The number of hydrogen-bond acceptors (Lipinski definition) is 3. The third-order valence-corrected chi connectivity index (χ3v) is 4.38. The molecule has 1 N–H and O–H groups in total. The predicted molar refractivity (Wildman–Crippen MR) is 104 cm³/mol. The van der Waals surface area contributed by atoms with E-state index in [2.05, 4.69) is 5.32 Å². The van der Waals surface area contributed by atoms with Crippen molar-refractivity contribution in [3.8, 4) is 0 Å². The number of methoxy groups -OCH3 is 1. The molecule has 0 saturated heterocycles. The van der Waals surface area contributed by atoms with Gasteiger partial charge < -0.3 is 10.1 Å². The van der Waals surface area contributed by atoms with Crippen molar-refractivity contribution in [2.24, 2.45) is 0 Å². The van der Waals surface area contributed by atoms with Gasteiger partial charge in [-0.25, -0.2) is 4.79 Å². The molecular weight excluding hydrogens is 338 g/mol. The van der Waals surface area contributed by atoms with Gasteiger partial charge in [-0.2, -0.15) is 0 Å². The van der Waals surface area contributed by atoms with E-state index in [9.17, 15) is 9.59 Å². The molecule has 136 valence electrons. The summed E-state index contributed by atoms with van der Waals surface area (Å²) in [6.07, 6.45) is 0. The number of nitrogens with one attached hydrogen (secondary N) is 1. The summed E-state index contributed by atoms with van der Waals surface area (Å²) in [7, 11) is 1.32. The van der Waals surface area contributed by atoms with E-state index < -0.39 is 17.9 Å². The Labute approximate surface area is 158 Å². The van der Waals surface area contributed by atoms with Crippen LogP contribution in [0.15, 0.2) is 91.0 Å². The first-order valence-electron chi connectivity index (χ1n) is 8.73. The average Bonchev–Trinajstić information content (AvgIpc) is 2.74. The lowest BCUT2D eigenvalue weighted by atomic mass is 9.90. The lowest BCUT2D eigenvalue weighted by Crippen LogP contribution is -2.37. The average molecular weight is 359 g/mol. The Bertz CT molecular complexity index is 840. The van der Waals surface area contributed by atoms with Crippen LogP contribution in [0.3, 0.4) is 0 Å². The molecule has 0 radical (unpaired) electrons. The predicted octanol–water partition coefficient (Wildman–Crippen LogP) is 3.85. The van der Waals surface area contributed by atoms with Crippen LogP contribution >= 0.6 is 0 Å². The largest absolute Gasteiger partial charge is 0.467 e. The Balaban J connectivity index is 1.95. The summed E-state index contributed by atoms with van der Waals surface area (Å²) in [4.78, 5) is 25.5. The van der Waals surface area contributed by atoms with Crippen LogP contribution in [-0.4, -0.2) is 19.0 Å². The monoisotopic (exact) mass is 359 g/mol. The molecule has 1 unspecified atom stereocenters. The molecule has 0 saturated carbocycles. The molecule has 1 atom stereocenters. The van der Waals surface area contributed by atoms with E-state index in [1.165, 1.54) is 7.11 Å². The Morgan fingerprint density at radius 1 is 0.704 bits per heavy atom. The highest BCUT2D eigenvalue weighted by Gasteiger charge is 2.29. The number of rotatable bonds is 6. The molecule has 3 aromatic carbocycles. The Morgan fingerprint density at radius 2 is 1.11 bits per heavy atom. The van der Waals surface area contributed by atoms with Gasteiger partial charge in [-0.05, 0) is 16.7 Å². The summed E-state index contributed by atoms with van der Waals surface area (Å²) in [6.45, 7) is 0. The van der Waals surface area contributed by atoms with E-state index in [0.29, 0.717) is 5.56 Å². The van der Waals surface area contributed by atoms with Crippen LogP contribution in [-0.2, 0) is 14.3 Å². The molecule has 0 spiro atoms. The van der Waals surface area contributed by atoms with E-state index in [-0.39, 0.29) is 5.91 Å².